The molecule has 1 heterocycles. The van der Waals surface area contributed by atoms with Crippen molar-refractivity contribution in [1.82, 2.24) is 4.90 Å². The van der Waals surface area contributed by atoms with Crippen molar-refractivity contribution in [3.05, 3.63) is 30.6 Å². The SMILES string of the molecule is C=C.C=O.CCN(C)CCNc1c(F)cc(C(O)CCO)c2c1OCC(C)N2C. The zero-order valence-electron chi connectivity index (χ0n) is 18.1. The first-order valence-electron chi connectivity index (χ1n) is 9.62. The lowest BCUT2D eigenvalue weighted by atomic mass is 9.99. The van der Waals surface area contributed by atoms with Crippen LogP contribution in [-0.2, 0) is 4.79 Å². The largest absolute Gasteiger partial charge is 0.487 e. The second-order valence-electron chi connectivity index (χ2n) is 6.62. The molecule has 1 aromatic carbocycles. The smallest absolute Gasteiger partial charge is 0.169 e. The quantitative estimate of drug-likeness (QED) is 0.565. The molecule has 0 radical (unpaired) electrons. The van der Waals surface area contributed by atoms with Crippen LogP contribution < -0.4 is 15.0 Å². The number of likely N-dealkylation sites (N-methyl/N-ethyl adjacent to an activating group) is 2. The number of carbonyl (C=O) groups is 1. The molecule has 0 fully saturated rings. The average Bonchev–Trinajstić information content (AvgIpc) is 2.74. The van der Waals surface area contributed by atoms with E-state index < -0.39 is 11.9 Å². The van der Waals surface area contributed by atoms with E-state index in [9.17, 15) is 9.50 Å². The van der Waals surface area contributed by atoms with Gasteiger partial charge in [0.2, 0.25) is 0 Å². The number of halogens is 1. The summed E-state index contributed by atoms with van der Waals surface area (Å²) in [5.41, 5.74) is 1.47. The fourth-order valence-electron chi connectivity index (χ4n) is 2.90. The van der Waals surface area contributed by atoms with Gasteiger partial charge < -0.3 is 34.9 Å². The Morgan fingerprint density at radius 2 is 2.07 bits per heavy atom. The third-order valence-electron chi connectivity index (χ3n) is 4.82. The van der Waals surface area contributed by atoms with Gasteiger partial charge in [-0.25, -0.2) is 4.39 Å². The summed E-state index contributed by atoms with van der Waals surface area (Å²) in [6.07, 6.45) is -0.785. The van der Waals surface area contributed by atoms with Crippen molar-refractivity contribution in [1.29, 1.82) is 0 Å². The molecule has 2 unspecified atom stereocenters. The van der Waals surface area contributed by atoms with Gasteiger partial charge in [0.1, 0.15) is 19.1 Å². The molecule has 0 aromatic heterocycles. The maximum atomic E-state index is 14.7. The Hall–Kier alpha value is -2.16. The summed E-state index contributed by atoms with van der Waals surface area (Å²) >= 11 is 0. The maximum absolute atomic E-state index is 14.7. The van der Waals surface area contributed by atoms with E-state index >= 15 is 0 Å². The maximum Gasteiger partial charge on any atom is 0.169 e. The van der Waals surface area contributed by atoms with E-state index in [0.29, 0.717) is 35.8 Å². The van der Waals surface area contributed by atoms with E-state index in [4.69, 9.17) is 14.6 Å². The van der Waals surface area contributed by atoms with Crippen LogP contribution in [0.5, 0.6) is 5.75 Å². The molecule has 3 N–H and O–H groups in total. The highest BCUT2D eigenvalue weighted by molar-refractivity contribution is 5.77. The second kappa shape index (κ2) is 13.9. The molecule has 0 amide bonds. The van der Waals surface area contributed by atoms with Crippen LogP contribution in [-0.4, -0.2) is 74.9 Å². The average molecular weight is 414 g/mol. The summed E-state index contributed by atoms with van der Waals surface area (Å²) in [4.78, 5) is 12.1. The van der Waals surface area contributed by atoms with E-state index in [1.807, 2.05) is 32.7 Å². The van der Waals surface area contributed by atoms with Crippen LogP contribution in [0.25, 0.3) is 0 Å². The summed E-state index contributed by atoms with van der Waals surface area (Å²) in [6.45, 7) is 14.7. The Balaban J connectivity index is 0.00000184. The van der Waals surface area contributed by atoms with Gasteiger partial charge in [-0.3, -0.25) is 0 Å². The number of anilines is 2. The Kier molecular flexibility index (Phi) is 12.9. The Labute approximate surface area is 173 Å². The lowest BCUT2D eigenvalue weighted by Gasteiger charge is -2.37. The minimum atomic E-state index is -0.940. The third kappa shape index (κ3) is 6.99. The number of carbonyl (C=O) groups excluding carboxylic acids is 1. The van der Waals surface area contributed by atoms with Crippen LogP contribution >= 0.6 is 0 Å². The van der Waals surface area contributed by atoms with Gasteiger partial charge in [0.05, 0.1) is 17.8 Å². The number of hydrogen-bond acceptors (Lipinski definition) is 7. The van der Waals surface area contributed by atoms with Crippen molar-refractivity contribution >= 4 is 18.2 Å². The Morgan fingerprint density at radius 1 is 1.45 bits per heavy atom. The molecule has 0 saturated heterocycles. The molecule has 29 heavy (non-hydrogen) atoms. The highest BCUT2D eigenvalue weighted by atomic mass is 19.1. The lowest BCUT2D eigenvalue weighted by Crippen LogP contribution is -2.39. The van der Waals surface area contributed by atoms with Crippen LogP contribution in [0, 0.1) is 5.82 Å². The van der Waals surface area contributed by atoms with E-state index in [0.717, 1.165) is 13.1 Å². The molecular formula is C21H36FN3O4. The minimum Gasteiger partial charge on any atom is -0.487 e. The van der Waals surface area contributed by atoms with Gasteiger partial charge in [0.15, 0.2) is 11.6 Å². The first-order chi connectivity index (χ1) is 13.9. The molecule has 166 valence electrons. The molecule has 7 nitrogen and oxygen atoms in total. The van der Waals surface area contributed by atoms with E-state index in [1.54, 1.807) is 0 Å². The Morgan fingerprint density at radius 3 is 2.62 bits per heavy atom. The lowest BCUT2D eigenvalue weighted by molar-refractivity contribution is -0.0980. The monoisotopic (exact) mass is 413 g/mol. The van der Waals surface area contributed by atoms with Crippen molar-refractivity contribution in [2.75, 3.05) is 57.2 Å². The van der Waals surface area contributed by atoms with Gasteiger partial charge in [-0.2, -0.15) is 0 Å². The number of benzene rings is 1. The first kappa shape index (κ1) is 26.8. The summed E-state index contributed by atoms with van der Waals surface area (Å²) in [7, 11) is 3.92. The molecule has 2 atom stereocenters. The minimum absolute atomic E-state index is 0.108. The van der Waals surface area contributed by atoms with Gasteiger partial charge in [0, 0.05) is 38.7 Å². The number of nitrogens with one attached hydrogen (secondary N) is 1. The third-order valence-corrected chi connectivity index (χ3v) is 4.82. The number of ether oxygens (including phenoxy) is 1. The summed E-state index contributed by atoms with van der Waals surface area (Å²) in [6, 6.07) is 1.46. The molecule has 0 saturated carbocycles. The van der Waals surface area contributed by atoms with Crippen LogP contribution in [0.3, 0.4) is 0 Å². The van der Waals surface area contributed by atoms with Gasteiger partial charge >= 0.3 is 0 Å². The number of aliphatic hydroxyl groups excluding tert-OH is 2. The first-order valence-corrected chi connectivity index (χ1v) is 9.62. The zero-order valence-corrected chi connectivity index (χ0v) is 18.1. The number of rotatable bonds is 8. The van der Waals surface area contributed by atoms with Crippen LogP contribution in [0.2, 0.25) is 0 Å². The molecule has 1 aromatic rings. The molecule has 2 rings (SSSR count). The van der Waals surface area contributed by atoms with E-state index in [2.05, 4.69) is 30.3 Å². The predicted octanol–water partition coefficient (Wildman–Crippen LogP) is 2.44. The highest BCUT2D eigenvalue weighted by Crippen LogP contribution is 2.46. The normalized spacial score (nSPS) is 15.9. The standard InChI is InChI=1S/C18H30FN3O3.C2H4.CH2O/c1-5-21(3)8-7-20-16-14(19)10-13(15(24)6-9-23)17-18(16)25-11-12(2)22(17)4;2*1-2/h10,12,15,20,23-24H,5-9,11H2,1-4H3;1-2H2;1H2. The van der Waals surface area contributed by atoms with Gasteiger partial charge in [-0.15, -0.1) is 13.2 Å². The number of hydrogen-bond donors (Lipinski definition) is 3. The van der Waals surface area contributed by atoms with Gasteiger partial charge in [0.25, 0.3) is 0 Å². The molecule has 8 heteroatoms. The number of aliphatic hydroxyl groups is 2. The van der Waals surface area contributed by atoms with Crippen LogP contribution in [0.4, 0.5) is 15.8 Å². The molecule has 0 spiro atoms. The van der Waals surface area contributed by atoms with Crippen molar-refractivity contribution in [2.45, 2.75) is 32.4 Å². The highest BCUT2D eigenvalue weighted by Gasteiger charge is 2.31. The molecule has 1 aliphatic heterocycles. The fraction of sp³-hybridized carbons (Fsp3) is 0.571. The van der Waals surface area contributed by atoms with E-state index in [-0.39, 0.29) is 19.1 Å². The van der Waals surface area contributed by atoms with Gasteiger partial charge in [-0.1, -0.05) is 6.92 Å². The van der Waals surface area contributed by atoms with Crippen molar-refractivity contribution < 1.29 is 24.1 Å². The topological polar surface area (TPSA) is 85.3 Å². The van der Waals surface area contributed by atoms with Crippen molar-refractivity contribution in [2.24, 2.45) is 0 Å². The number of fused-ring (bicyclic) bond motifs is 1. The fourth-order valence-corrected chi connectivity index (χ4v) is 2.90. The molecular weight excluding hydrogens is 377 g/mol. The van der Waals surface area contributed by atoms with Crippen molar-refractivity contribution in [3.63, 3.8) is 0 Å². The zero-order chi connectivity index (χ0) is 22.6. The Bertz CT molecular complexity index is 616. The molecule has 0 bridgehead atoms. The summed E-state index contributed by atoms with van der Waals surface area (Å²) in [5.74, 6) is -0.0143. The summed E-state index contributed by atoms with van der Waals surface area (Å²) < 4.78 is 20.6. The van der Waals surface area contributed by atoms with Gasteiger partial charge in [-0.05, 0) is 26.6 Å². The van der Waals surface area contributed by atoms with E-state index in [1.165, 1.54) is 6.07 Å². The summed E-state index contributed by atoms with van der Waals surface area (Å²) in [5, 5.41) is 22.6. The second-order valence-corrected chi connectivity index (χ2v) is 6.62. The van der Waals surface area contributed by atoms with Crippen LogP contribution in [0.15, 0.2) is 19.2 Å². The number of nitrogens with zero attached hydrogens (tertiary/aromatic N) is 2. The predicted molar refractivity (Wildman–Crippen MR) is 116 cm³/mol. The molecule has 0 aliphatic carbocycles. The van der Waals surface area contributed by atoms with Crippen LogP contribution in [0.1, 0.15) is 31.9 Å². The molecule has 1 aliphatic rings. The van der Waals surface area contributed by atoms with Crippen molar-refractivity contribution in [3.8, 4) is 5.75 Å².